The first-order valence-electron chi connectivity index (χ1n) is 5.04. The minimum absolute atomic E-state index is 0.0790. The molecule has 1 unspecified atom stereocenters. The van der Waals surface area contributed by atoms with E-state index in [1.54, 1.807) is 0 Å². The third-order valence-electron chi connectivity index (χ3n) is 4.40. The normalized spacial score (nSPS) is 60.3. The molecule has 0 aromatic rings. The Morgan fingerprint density at radius 3 is 2.55 bits per heavy atom. The summed E-state index contributed by atoms with van der Waals surface area (Å²) in [6, 6.07) is 0. The van der Waals surface area contributed by atoms with Gasteiger partial charge in [-0.15, -0.1) is 0 Å². The zero-order valence-electron chi connectivity index (χ0n) is 6.87. The number of hydrogen-bond donors (Lipinski definition) is 1. The fourth-order valence-corrected chi connectivity index (χ4v) is 4.04. The Labute approximate surface area is 67.8 Å². The first-order chi connectivity index (χ1) is 5.36. The molecule has 11 heavy (non-hydrogen) atoms. The van der Waals surface area contributed by atoms with E-state index in [0.29, 0.717) is 5.92 Å². The van der Waals surface area contributed by atoms with Gasteiger partial charge in [0.15, 0.2) is 0 Å². The molecule has 3 aliphatic carbocycles. The van der Waals surface area contributed by atoms with E-state index in [1.165, 1.54) is 25.7 Å². The van der Waals surface area contributed by atoms with Gasteiger partial charge in [-0.3, -0.25) is 0 Å². The highest BCUT2D eigenvalue weighted by atomic mass is 16.3. The smallest absolute Gasteiger partial charge is 0.0574 e. The molecule has 1 heteroatoms. The Kier molecular flexibility index (Phi) is 1.18. The molecule has 1 nitrogen and oxygen atoms in total. The van der Waals surface area contributed by atoms with Crippen LogP contribution in [0.2, 0.25) is 0 Å². The van der Waals surface area contributed by atoms with E-state index in [0.717, 1.165) is 24.2 Å². The number of aliphatic hydroxyl groups excluding tert-OH is 1. The van der Waals surface area contributed by atoms with Crippen LogP contribution in [0.3, 0.4) is 0 Å². The van der Waals surface area contributed by atoms with E-state index in [-0.39, 0.29) is 6.10 Å². The van der Waals surface area contributed by atoms with E-state index in [2.05, 4.69) is 0 Å². The first kappa shape index (κ1) is 6.47. The second-order valence-corrected chi connectivity index (χ2v) is 4.72. The van der Waals surface area contributed by atoms with Gasteiger partial charge < -0.3 is 5.11 Å². The van der Waals surface area contributed by atoms with Crippen LogP contribution in [0.15, 0.2) is 0 Å². The molecule has 0 heterocycles. The topological polar surface area (TPSA) is 20.2 Å². The summed E-state index contributed by atoms with van der Waals surface area (Å²) in [5.74, 6) is 3.60. The molecule has 0 bridgehead atoms. The number of aliphatic hydroxyl groups is 1. The Hall–Kier alpha value is -0.0400. The maximum Gasteiger partial charge on any atom is 0.0574 e. The molecular weight excluding hydrogens is 136 g/mol. The molecule has 0 aromatic carbocycles. The minimum Gasteiger partial charge on any atom is -0.393 e. The molecule has 0 radical (unpaired) electrons. The lowest BCUT2D eigenvalue weighted by atomic mass is 9.92. The van der Waals surface area contributed by atoms with Gasteiger partial charge in [-0.1, -0.05) is 0 Å². The summed E-state index contributed by atoms with van der Waals surface area (Å²) in [5.41, 5.74) is 0. The predicted molar refractivity (Wildman–Crippen MR) is 43.1 cm³/mol. The summed E-state index contributed by atoms with van der Waals surface area (Å²) in [6.45, 7) is 0. The van der Waals surface area contributed by atoms with Gasteiger partial charge in [-0.2, -0.15) is 0 Å². The lowest BCUT2D eigenvalue weighted by molar-refractivity contribution is 0.123. The van der Waals surface area contributed by atoms with E-state index in [4.69, 9.17) is 0 Å². The average Bonchev–Trinajstić information content (AvgIpc) is 2.53. The summed E-state index contributed by atoms with van der Waals surface area (Å²) in [4.78, 5) is 0. The van der Waals surface area contributed by atoms with Crippen molar-refractivity contribution in [3.8, 4) is 0 Å². The molecule has 3 aliphatic rings. The molecule has 0 aromatic heterocycles. The summed E-state index contributed by atoms with van der Waals surface area (Å²) in [7, 11) is 0. The van der Waals surface area contributed by atoms with Crippen LogP contribution >= 0.6 is 0 Å². The maximum absolute atomic E-state index is 9.72. The lowest BCUT2D eigenvalue weighted by Crippen LogP contribution is -2.15. The van der Waals surface area contributed by atoms with Gasteiger partial charge in [0.25, 0.3) is 0 Å². The first-order valence-corrected chi connectivity index (χ1v) is 5.04. The van der Waals surface area contributed by atoms with E-state index >= 15 is 0 Å². The molecule has 0 aliphatic heterocycles. The van der Waals surface area contributed by atoms with Crippen molar-refractivity contribution in [1.29, 1.82) is 0 Å². The molecule has 0 spiro atoms. The van der Waals surface area contributed by atoms with Crippen molar-refractivity contribution in [2.45, 2.75) is 38.2 Å². The van der Waals surface area contributed by atoms with Gasteiger partial charge in [0.05, 0.1) is 6.10 Å². The fraction of sp³-hybridized carbons (Fsp3) is 1.00. The van der Waals surface area contributed by atoms with Crippen LogP contribution in [0, 0.1) is 23.7 Å². The van der Waals surface area contributed by atoms with Crippen molar-refractivity contribution in [2.75, 3.05) is 0 Å². The molecule has 3 fully saturated rings. The largest absolute Gasteiger partial charge is 0.393 e. The Morgan fingerprint density at radius 2 is 1.64 bits per heavy atom. The molecule has 3 rings (SSSR count). The Morgan fingerprint density at radius 1 is 0.909 bits per heavy atom. The quantitative estimate of drug-likeness (QED) is 0.561. The van der Waals surface area contributed by atoms with E-state index < -0.39 is 0 Å². The highest BCUT2D eigenvalue weighted by Crippen LogP contribution is 2.58. The number of rotatable bonds is 0. The van der Waals surface area contributed by atoms with E-state index in [1.807, 2.05) is 0 Å². The molecule has 62 valence electrons. The molecule has 3 saturated carbocycles. The van der Waals surface area contributed by atoms with Crippen molar-refractivity contribution < 1.29 is 5.11 Å². The molecule has 1 N–H and O–H groups in total. The summed E-state index contributed by atoms with van der Waals surface area (Å²) >= 11 is 0. The molecule has 0 amide bonds. The molecular formula is C10H16O. The highest BCUT2D eigenvalue weighted by Gasteiger charge is 2.52. The Balaban J connectivity index is 1.93. The second-order valence-electron chi connectivity index (χ2n) is 4.72. The highest BCUT2D eigenvalue weighted by molar-refractivity contribution is 5.02. The minimum atomic E-state index is 0.0790. The maximum atomic E-state index is 9.72. The third kappa shape index (κ3) is 0.703. The zero-order valence-corrected chi connectivity index (χ0v) is 6.87. The third-order valence-corrected chi connectivity index (χ3v) is 4.40. The summed E-state index contributed by atoms with van der Waals surface area (Å²) < 4.78 is 0. The van der Waals surface area contributed by atoms with Crippen LogP contribution in [0.4, 0.5) is 0 Å². The molecule has 0 saturated heterocycles. The van der Waals surface area contributed by atoms with Gasteiger partial charge in [0.1, 0.15) is 0 Å². The van der Waals surface area contributed by atoms with Crippen LogP contribution in [0.25, 0.3) is 0 Å². The Bertz CT molecular complexity index is 178. The molecule has 5 atom stereocenters. The monoisotopic (exact) mass is 152 g/mol. The van der Waals surface area contributed by atoms with Gasteiger partial charge in [0, 0.05) is 0 Å². The van der Waals surface area contributed by atoms with Gasteiger partial charge >= 0.3 is 0 Å². The SMILES string of the molecule is O[C@@H]1C[C@@H]2CC[C@@H]3CC[C@H]1C32. The van der Waals surface area contributed by atoms with Crippen LogP contribution < -0.4 is 0 Å². The van der Waals surface area contributed by atoms with Gasteiger partial charge in [0.2, 0.25) is 0 Å². The van der Waals surface area contributed by atoms with E-state index in [9.17, 15) is 5.11 Å². The van der Waals surface area contributed by atoms with Crippen LogP contribution in [-0.2, 0) is 0 Å². The summed E-state index contributed by atoms with van der Waals surface area (Å²) in [5, 5.41) is 9.72. The van der Waals surface area contributed by atoms with Crippen LogP contribution in [-0.4, -0.2) is 11.2 Å². The number of hydrogen-bond acceptors (Lipinski definition) is 1. The van der Waals surface area contributed by atoms with Crippen molar-refractivity contribution in [3.63, 3.8) is 0 Å². The predicted octanol–water partition coefficient (Wildman–Crippen LogP) is 1.80. The fourth-order valence-electron chi connectivity index (χ4n) is 4.04. The van der Waals surface area contributed by atoms with Crippen molar-refractivity contribution in [1.82, 2.24) is 0 Å². The van der Waals surface area contributed by atoms with Crippen molar-refractivity contribution in [2.24, 2.45) is 23.7 Å². The lowest BCUT2D eigenvalue weighted by Gasteiger charge is -2.14. The summed E-state index contributed by atoms with van der Waals surface area (Å²) in [6.07, 6.45) is 6.85. The van der Waals surface area contributed by atoms with Gasteiger partial charge in [-0.25, -0.2) is 0 Å². The zero-order chi connectivity index (χ0) is 7.42. The van der Waals surface area contributed by atoms with Crippen molar-refractivity contribution >= 4 is 0 Å². The standard InChI is InChI=1S/C10H16O/c11-9-5-7-2-1-6-3-4-8(9)10(6)7/h6-11H,1-5H2/t6-,7+,8-,9-,10?/m1/s1. The van der Waals surface area contributed by atoms with Gasteiger partial charge in [-0.05, 0) is 55.8 Å². The van der Waals surface area contributed by atoms with Crippen LogP contribution in [0.1, 0.15) is 32.1 Å². The van der Waals surface area contributed by atoms with Crippen LogP contribution in [0.5, 0.6) is 0 Å². The van der Waals surface area contributed by atoms with Crippen molar-refractivity contribution in [3.05, 3.63) is 0 Å². The second kappa shape index (κ2) is 2.01. The average molecular weight is 152 g/mol.